The van der Waals surface area contributed by atoms with E-state index in [0.29, 0.717) is 10.6 Å². The van der Waals surface area contributed by atoms with Gasteiger partial charge in [0, 0.05) is 18.1 Å². The van der Waals surface area contributed by atoms with Gasteiger partial charge in [0.15, 0.2) is 0 Å². The van der Waals surface area contributed by atoms with Gasteiger partial charge in [0.1, 0.15) is 0 Å². The number of nitrogens with one attached hydrogen (secondary N) is 1. The van der Waals surface area contributed by atoms with E-state index in [1.54, 1.807) is 19.1 Å². The third kappa shape index (κ3) is 2.37. The molecule has 0 bridgehead atoms. The molecule has 2 fully saturated rings. The molecule has 2 aliphatic heterocycles. The van der Waals surface area contributed by atoms with Crippen LogP contribution in [-0.4, -0.2) is 55.2 Å². The lowest BCUT2D eigenvalue weighted by Crippen LogP contribution is -2.62. The van der Waals surface area contributed by atoms with E-state index in [9.17, 15) is 18.0 Å². The van der Waals surface area contributed by atoms with Gasteiger partial charge >= 0.3 is 6.03 Å². The van der Waals surface area contributed by atoms with E-state index >= 15 is 0 Å². The molecule has 1 aromatic carbocycles. The van der Waals surface area contributed by atoms with Crippen LogP contribution in [0.3, 0.4) is 0 Å². The van der Waals surface area contributed by atoms with E-state index in [2.05, 4.69) is 5.32 Å². The minimum atomic E-state index is -3.67. The van der Waals surface area contributed by atoms with Gasteiger partial charge in [-0.1, -0.05) is 17.7 Å². The first-order chi connectivity index (χ1) is 10.3. The second kappa shape index (κ2) is 5.22. The van der Waals surface area contributed by atoms with Gasteiger partial charge in [0.25, 0.3) is 0 Å². The monoisotopic (exact) mass is 343 g/mol. The number of sulfonamides is 1. The molecule has 0 spiro atoms. The predicted octanol–water partition coefficient (Wildman–Crippen LogP) is 0.573. The fourth-order valence-electron chi connectivity index (χ4n) is 2.57. The Bertz CT molecular complexity index is 743. The van der Waals surface area contributed by atoms with Crippen molar-refractivity contribution in [2.75, 3.05) is 19.6 Å². The number of hydrogen-bond acceptors (Lipinski definition) is 4. The third-order valence-corrected chi connectivity index (χ3v) is 6.05. The van der Waals surface area contributed by atoms with Crippen LogP contribution in [0.25, 0.3) is 0 Å². The summed E-state index contributed by atoms with van der Waals surface area (Å²) >= 11 is 5.87. The Labute approximate surface area is 132 Å². The first-order valence-electron chi connectivity index (χ1n) is 6.67. The van der Waals surface area contributed by atoms with E-state index in [1.807, 2.05) is 0 Å². The smallest absolute Gasteiger partial charge is 0.324 e. The second-order valence-corrected chi connectivity index (χ2v) is 7.65. The van der Waals surface area contributed by atoms with Crippen LogP contribution in [0, 0.1) is 6.92 Å². The molecule has 0 aliphatic carbocycles. The molecule has 9 heteroatoms. The number of halogens is 1. The standard InChI is InChI=1S/C13H14ClN3O4S/c1-8-2-3-9(14)4-11(8)22(20,21)16-6-10(7-16)17-12(18)5-15-13(17)19/h2-4,10H,5-7H2,1H3,(H,15,19). The lowest BCUT2D eigenvalue weighted by atomic mass is 10.1. The molecule has 22 heavy (non-hydrogen) atoms. The number of hydrogen-bond donors (Lipinski definition) is 1. The van der Waals surface area contributed by atoms with Gasteiger partial charge in [0.2, 0.25) is 15.9 Å². The lowest BCUT2D eigenvalue weighted by molar-refractivity contribution is -0.128. The Morgan fingerprint density at radius 3 is 2.55 bits per heavy atom. The van der Waals surface area contributed by atoms with Crippen LogP contribution in [0.15, 0.2) is 23.1 Å². The number of benzene rings is 1. The van der Waals surface area contributed by atoms with E-state index in [-0.39, 0.29) is 30.4 Å². The fourth-order valence-corrected chi connectivity index (χ4v) is 4.57. The molecule has 3 rings (SSSR count). The SMILES string of the molecule is Cc1ccc(Cl)cc1S(=O)(=O)N1CC(N2C(=O)CNC2=O)C1. The summed E-state index contributed by atoms with van der Waals surface area (Å²) in [5.41, 5.74) is 0.600. The molecule has 1 N–H and O–H groups in total. The summed E-state index contributed by atoms with van der Waals surface area (Å²) in [6, 6.07) is 3.80. The van der Waals surface area contributed by atoms with Crippen molar-refractivity contribution >= 4 is 33.6 Å². The number of imide groups is 1. The van der Waals surface area contributed by atoms with Crippen LogP contribution < -0.4 is 5.32 Å². The highest BCUT2D eigenvalue weighted by atomic mass is 35.5. The number of carbonyl (C=O) groups is 2. The summed E-state index contributed by atoms with van der Waals surface area (Å²) in [6.07, 6.45) is 0. The highest BCUT2D eigenvalue weighted by Crippen LogP contribution is 2.28. The van der Waals surface area contributed by atoms with Gasteiger partial charge < -0.3 is 5.32 Å². The summed E-state index contributed by atoms with van der Waals surface area (Å²) in [5.74, 6) is -0.328. The molecule has 0 aromatic heterocycles. The van der Waals surface area contributed by atoms with E-state index in [1.165, 1.54) is 10.4 Å². The quantitative estimate of drug-likeness (QED) is 0.813. The molecule has 0 unspecified atom stereocenters. The first kappa shape index (κ1) is 15.3. The van der Waals surface area contributed by atoms with Gasteiger partial charge in [-0.25, -0.2) is 13.2 Å². The first-order valence-corrected chi connectivity index (χ1v) is 8.48. The van der Waals surface area contributed by atoms with Crippen molar-refractivity contribution in [3.63, 3.8) is 0 Å². The summed E-state index contributed by atoms with van der Waals surface area (Å²) in [4.78, 5) is 24.4. The highest BCUT2D eigenvalue weighted by Gasteiger charge is 2.45. The minimum absolute atomic E-state index is 0.0323. The fraction of sp³-hybridized carbons (Fsp3) is 0.385. The van der Waals surface area contributed by atoms with Gasteiger partial charge in [-0.3, -0.25) is 9.69 Å². The predicted molar refractivity (Wildman–Crippen MR) is 79.0 cm³/mol. The molecule has 2 heterocycles. The molecule has 7 nitrogen and oxygen atoms in total. The lowest BCUT2D eigenvalue weighted by Gasteiger charge is -2.41. The largest absolute Gasteiger partial charge is 0.329 e. The number of amides is 3. The van der Waals surface area contributed by atoms with Crippen LogP contribution in [0.4, 0.5) is 4.79 Å². The molecule has 0 atom stereocenters. The average Bonchev–Trinajstić information content (AvgIpc) is 2.71. The average molecular weight is 344 g/mol. The molecule has 2 saturated heterocycles. The van der Waals surface area contributed by atoms with Gasteiger partial charge in [-0.05, 0) is 24.6 Å². The second-order valence-electron chi connectivity index (χ2n) is 5.31. The maximum absolute atomic E-state index is 12.6. The normalized spacial score (nSPS) is 20.2. The van der Waals surface area contributed by atoms with Crippen molar-refractivity contribution < 1.29 is 18.0 Å². The van der Waals surface area contributed by atoms with E-state index < -0.39 is 22.1 Å². The number of urea groups is 1. The van der Waals surface area contributed by atoms with Crippen LogP contribution in [0.1, 0.15) is 5.56 Å². The Morgan fingerprint density at radius 1 is 1.27 bits per heavy atom. The Hall–Kier alpha value is -1.64. The summed E-state index contributed by atoms with van der Waals surface area (Å²) in [6.45, 7) is 1.87. The van der Waals surface area contributed by atoms with Gasteiger partial charge in [-0.2, -0.15) is 4.31 Å². The zero-order valence-corrected chi connectivity index (χ0v) is 13.3. The van der Waals surface area contributed by atoms with Crippen LogP contribution >= 0.6 is 11.6 Å². The Kier molecular flexibility index (Phi) is 3.62. The van der Waals surface area contributed by atoms with Crippen LogP contribution in [0.2, 0.25) is 5.02 Å². The molecule has 118 valence electrons. The van der Waals surface area contributed by atoms with Crippen molar-refractivity contribution in [3.05, 3.63) is 28.8 Å². The topological polar surface area (TPSA) is 86.8 Å². The van der Waals surface area contributed by atoms with Crippen LogP contribution in [0.5, 0.6) is 0 Å². The number of rotatable bonds is 3. The molecule has 0 radical (unpaired) electrons. The van der Waals surface area contributed by atoms with Crippen molar-refractivity contribution in [2.45, 2.75) is 17.9 Å². The number of nitrogens with zero attached hydrogens (tertiary/aromatic N) is 2. The van der Waals surface area contributed by atoms with Gasteiger partial charge in [-0.15, -0.1) is 0 Å². The van der Waals surface area contributed by atoms with Crippen molar-refractivity contribution in [1.29, 1.82) is 0 Å². The summed E-state index contributed by atoms with van der Waals surface area (Å²) < 4.78 is 26.4. The Balaban J connectivity index is 1.78. The zero-order valence-electron chi connectivity index (χ0n) is 11.7. The molecule has 0 saturated carbocycles. The maximum Gasteiger partial charge on any atom is 0.324 e. The van der Waals surface area contributed by atoms with E-state index in [4.69, 9.17) is 11.6 Å². The summed E-state index contributed by atoms with van der Waals surface area (Å²) in [5, 5.41) is 2.77. The third-order valence-electron chi connectivity index (χ3n) is 3.84. The van der Waals surface area contributed by atoms with Gasteiger partial charge in [0.05, 0.1) is 17.5 Å². The molecule has 2 aliphatic rings. The Morgan fingerprint density at radius 2 is 1.95 bits per heavy atom. The summed E-state index contributed by atoms with van der Waals surface area (Å²) in [7, 11) is -3.67. The van der Waals surface area contributed by atoms with Crippen LogP contribution in [-0.2, 0) is 14.8 Å². The number of carbonyl (C=O) groups excluding carboxylic acids is 2. The molecular weight excluding hydrogens is 330 g/mol. The molecule has 1 aromatic rings. The maximum atomic E-state index is 12.6. The van der Waals surface area contributed by atoms with Crippen molar-refractivity contribution in [2.24, 2.45) is 0 Å². The van der Waals surface area contributed by atoms with Crippen molar-refractivity contribution in [1.82, 2.24) is 14.5 Å². The van der Waals surface area contributed by atoms with Crippen molar-refractivity contribution in [3.8, 4) is 0 Å². The highest BCUT2D eigenvalue weighted by molar-refractivity contribution is 7.89. The molecular formula is C13H14ClN3O4S. The minimum Gasteiger partial charge on any atom is -0.329 e. The molecule has 3 amide bonds. The number of aryl methyl sites for hydroxylation is 1. The zero-order chi connectivity index (χ0) is 16.1. The van der Waals surface area contributed by atoms with E-state index in [0.717, 1.165) is 4.90 Å².